The molecule has 0 aliphatic rings. The van der Waals surface area contributed by atoms with Crippen molar-refractivity contribution in [2.24, 2.45) is 0 Å². The van der Waals surface area contributed by atoms with E-state index >= 15 is 0 Å². The number of thiophene rings is 1. The van der Waals surface area contributed by atoms with E-state index < -0.39 is 0 Å². The van der Waals surface area contributed by atoms with Gasteiger partial charge >= 0.3 is 0 Å². The Kier molecular flexibility index (Phi) is 4.09. The molecule has 2 N–H and O–H groups in total. The first-order valence-corrected chi connectivity index (χ1v) is 8.40. The number of hydrogen-bond acceptors (Lipinski definition) is 8. The average molecular weight is 364 g/mol. The molecule has 0 unspecified atom stereocenters. The van der Waals surface area contributed by atoms with E-state index in [1.807, 2.05) is 17.5 Å². The molecule has 0 bridgehead atoms. The van der Waals surface area contributed by atoms with Crippen molar-refractivity contribution in [2.45, 2.75) is 0 Å². The third-order valence-electron chi connectivity index (χ3n) is 3.48. The van der Waals surface area contributed by atoms with Crippen LogP contribution >= 0.6 is 11.3 Å². The molecule has 4 aromatic rings. The number of rotatable bonds is 5. The van der Waals surface area contributed by atoms with Crippen LogP contribution < -0.4 is 10.5 Å². The van der Waals surface area contributed by atoms with Crippen LogP contribution in [0, 0.1) is 12.3 Å². The zero-order valence-corrected chi connectivity index (χ0v) is 14.2. The van der Waals surface area contributed by atoms with Gasteiger partial charge in [0, 0.05) is 0 Å². The molecule has 0 spiro atoms. The number of benzene rings is 1. The topological polar surface area (TPSA) is 105 Å². The van der Waals surface area contributed by atoms with E-state index in [9.17, 15) is 0 Å². The van der Waals surface area contributed by atoms with Gasteiger partial charge in [0.15, 0.2) is 11.5 Å². The number of nitrogens with two attached hydrogens (primary N) is 1. The molecule has 26 heavy (non-hydrogen) atoms. The molecule has 0 radical (unpaired) electrons. The monoisotopic (exact) mass is 364 g/mol. The van der Waals surface area contributed by atoms with Crippen LogP contribution in [0.2, 0.25) is 0 Å². The summed E-state index contributed by atoms with van der Waals surface area (Å²) in [5.41, 5.74) is 7.21. The lowest BCUT2D eigenvalue weighted by atomic mass is 10.3. The molecule has 3 heterocycles. The molecule has 0 atom stereocenters. The van der Waals surface area contributed by atoms with Crippen molar-refractivity contribution in [3.63, 3.8) is 0 Å². The van der Waals surface area contributed by atoms with Gasteiger partial charge in [-0.3, -0.25) is 0 Å². The average Bonchev–Trinajstić information content (AvgIpc) is 3.40. The molecule has 0 saturated heterocycles. The summed E-state index contributed by atoms with van der Waals surface area (Å²) in [6.07, 6.45) is 5.17. The van der Waals surface area contributed by atoms with Gasteiger partial charge in [0.25, 0.3) is 5.89 Å². The maximum absolute atomic E-state index is 6.17. The molecular weight excluding hydrogens is 352 g/mol. The lowest BCUT2D eigenvalue weighted by Crippen LogP contribution is -2.02. The van der Waals surface area contributed by atoms with Gasteiger partial charge in [-0.05, 0) is 35.7 Å². The van der Waals surface area contributed by atoms with Crippen molar-refractivity contribution in [1.29, 1.82) is 0 Å². The molecule has 0 amide bonds. The van der Waals surface area contributed by atoms with Crippen molar-refractivity contribution >= 4 is 17.2 Å². The second-order valence-corrected chi connectivity index (χ2v) is 6.07. The molecule has 9 heteroatoms. The van der Waals surface area contributed by atoms with Crippen molar-refractivity contribution in [3.8, 4) is 46.1 Å². The van der Waals surface area contributed by atoms with Crippen LogP contribution in [0.4, 0.5) is 5.82 Å². The normalized spacial score (nSPS) is 10.6. The fraction of sp³-hybridized carbons (Fsp3) is 0.0588. The molecule has 0 aliphatic heterocycles. The van der Waals surface area contributed by atoms with Crippen LogP contribution in [-0.4, -0.2) is 31.7 Å². The molecule has 128 valence electrons. The van der Waals surface area contributed by atoms with Gasteiger partial charge in [-0.25, -0.2) is 0 Å². The van der Waals surface area contributed by atoms with Crippen molar-refractivity contribution in [2.75, 3.05) is 12.3 Å². The Balaban J connectivity index is 1.61. The fourth-order valence-electron chi connectivity index (χ4n) is 2.27. The van der Waals surface area contributed by atoms with Gasteiger partial charge < -0.3 is 15.0 Å². The quantitative estimate of drug-likeness (QED) is 0.543. The Hall–Kier alpha value is -3.64. The molecule has 3 aromatic heterocycles. The second-order valence-electron chi connectivity index (χ2n) is 5.12. The zero-order valence-electron chi connectivity index (χ0n) is 13.4. The summed E-state index contributed by atoms with van der Waals surface area (Å²) in [6, 6.07) is 11.0. The molecule has 1 aromatic carbocycles. The Morgan fingerprint density at radius 1 is 1.27 bits per heavy atom. The minimum absolute atomic E-state index is 0.207. The minimum Gasteiger partial charge on any atom is -0.481 e. The van der Waals surface area contributed by atoms with Gasteiger partial charge in [0.1, 0.15) is 12.4 Å². The van der Waals surface area contributed by atoms with E-state index in [4.69, 9.17) is 21.4 Å². The fourth-order valence-corrected chi connectivity index (χ4v) is 2.92. The third-order valence-corrected chi connectivity index (χ3v) is 4.34. The second kappa shape index (κ2) is 6.70. The van der Waals surface area contributed by atoms with E-state index in [1.54, 1.807) is 24.3 Å². The van der Waals surface area contributed by atoms with Gasteiger partial charge in [0.05, 0.1) is 10.6 Å². The van der Waals surface area contributed by atoms with Crippen LogP contribution in [0.5, 0.6) is 5.75 Å². The maximum atomic E-state index is 6.17. The predicted molar refractivity (Wildman–Crippen MR) is 96.7 cm³/mol. The summed E-state index contributed by atoms with van der Waals surface area (Å²) in [6.45, 7) is 0.207. The summed E-state index contributed by atoms with van der Waals surface area (Å²) < 4.78 is 12.1. The largest absolute Gasteiger partial charge is 0.481 e. The van der Waals surface area contributed by atoms with Crippen LogP contribution in [0.3, 0.4) is 0 Å². The van der Waals surface area contributed by atoms with Crippen molar-refractivity contribution < 1.29 is 9.26 Å². The molecule has 0 saturated carbocycles. The molecule has 4 rings (SSSR count). The van der Waals surface area contributed by atoms with Gasteiger partial charge in [-0.15, -0.1) is 22.9 Å². The Bertz CT molecular complexity index is 1060. The number of aromatic nitrogens is 5. The first-order valence-electron chi connectivity index (χ1n) is 7.52. The summed E-state index contributed by atoms with van der Waals surface area (Å²) in [4.78, 5) is 5.23. The van der Waals surface area contributed by atoms with Gasteiger partial charge in [-0.2, -0.15) is 9.67 Å². The van der Waals surface area contributed by atoms with Gasteiger partial charge in [0.2, 0.25) is 5.82 Å². The highest BCUT2D eigenvalue weighted by molar-refractivity contribution is 7.13. The highest BCUT2D eigenvalue weighted by Gasteiger charge is 2.20. The van der Waals surface area contributed by atoms with Crippen LogP contribution in [-0.2, 0) is 0 Å². The van der Waals surface area contributed by atoms with Crippen molar-refractivity contribution in [1.82, 2.24) is 25.1 Å². The Morgan fingerprint density at radius 2 is 2.12 bits per heavy atom. The molecular formula is C17H12N6O2S. The highest BCUT2D eigenvalue weighted by atomic mass is 32.1. The lowest BCUT2D eigenvalue weighted by Gasteiger charge is -2.05. The highest BCUT2D eigenvalue weighted by Crippen LogP contribution is 2.28. The van der Waals surface area contributed by atoms with E-state index in [2.05, 4.69) is 26.4 Å². The number of anilines is 1. The molecule has 0 fully saturated rings. The van der Waals surface area contributed by atoms with Crippen LogP contribution in [0.1, 0.15) is 0 Å². The predicted octanol–water partition coefficient (Wildman–Crippen LogP) is 2.64. The van der Waals surface area contributed by atoms with E-state index in [0.29, 0.717) is 28.8 Å². The smallest absolute Gasteiger partial charge is 0.282 e. The minimum atomic E-state index is 0.207. The first kappa shape index (κ1) is 15.9. The summed E-state index contributed by atoms with van der Waals surface area (Å²) in [7, 11) is 0. The summed E-state index contributed by atoms with van der Waals surface area (Å²) in [5.74, 6) is 4.06. The Morgan fingerprint density at radius 3 is 2.85 bits per heavy atom. The summed E-state index contributed by atoms with van der Waals surface area (Å²) >= 11 is 1.52. The van der Waals surface area contributed by atoms with Crippen molar-refractivity contribution in [3.05, 3.63) is 41.8 Å². The third kappa shape index (κ3) is 2.89. The van der Waals surface area contributed by atoms with E-state index in [-0.39, 0.29) is 12.5 Å². The van der Waals surface area contributed by atoms with Gasteiger partial charge in [-0.1, -0.05) is 22.4 Å². The molecule has 0 aliphatic carbocycles. The molecule has 8 nitrogen and oxygen atoms in total. The van der Waals surface area contributed by atoms with E-state index in [1.165, 1.54) is 16.0 Å². The summed E-state index contributed by atoms with van der Waals surface area (Å²) in [5, 5.41) is 14.0. The lowest BCUT2D eigenvalue weighted by molar-refractivity contribution is 0.370. The first-order chi connectivity index (χ1) is 12.8. The SMILES string of the molecule is C#CCOc1ccc(-n2nnc(-c3nc(-c4cccs4)no3)c2N)cc1. The van der Waals surface area contributed by atoms with Crippen LogP contribution in [0.15, 0.2) is 46.3 Å². The number of terminal acetylenes is 1. The zero-order chi connectivity index (χ0) is 17.9. The number of nitrogen functional groups attached to an aromatic ring is 1. The number of ether oxygens (including phenoxy) is 1. The van der Waals surface area contributed by atoms with E-state index in [0.717, 1.165) is 4.88 Å². The number of nitrogens with zero attached hydrogens (tertiary/aromatic N) is 5. The standard InChI is InChI=1S/C17H12N6O2S/c1-2-9-24-12-7-5-11(6-8-12)23-15(18)14(20-22-23)17-19-16(21-25-17)13-4-3-10-26-13/h1,3-8,10H,9,18H2. The Labute approximate surface area is 152 Å². The maximum Gasteiger partial charge on any atom is 0.282 e. The number of hydrogen-bond donors (Lipinski definition) is 1. The van der Waals surface area contributed by atoms with Crippen LogP contribution in [0.25, 0.3) is 28.0 Å².